The number of nitrogens with one attached hydrogen (secondary N) is 2. The number of carbonyl (C=O) groups is 1. The molecule has 0 fully saturated rings. The van der Waals surface area contributed by atoms with Crippen molar-refractivity contribution in [2.45, 2.75) is 31.2 Å². The molecule has 3 rings (SSSR count). The third-order valence-corrected chi connectivity index (χ3v) is 6.79. The minimum absolute atomic E-state index is 0.142. The number of hydrogen-bond donors (Lipinski definition) is 2. The summed E-state index contributed by atoms with van der Waals surface area (Å²) in [5.74, 6) is -1.40. The van der Waals surface area contributed by atoms with Crippen molar-refractivity contribution in [2.75, 3.05) is 6.54 Å². The molecule has 148 valence electrons. The molecule has 0 saturated carbocycles. The Morgan fingerprint density at radius 1 is 1.18 bits per heavy atom. The van der Waals surface area contributed by atoms with Crippen LogP contribution in [0.4, 0.5) is 4.39 Å². The van der Waals surface area contributed by atoms with Gasteiger partial charge in [-0.3, -0.25) is 4.79 Å². The van der Waals surface area contributed by atoms with Crippen LogP contribution in [0.15, 0.2) is 52.7 Å². The first kappa shape index (κ1) is 20.4. The average Bonchev–Trinajstić information content (AvgIpc) is 3.04. The highest BCUT2D eigenvalue weighted by Crippen LogP contribution is 2.25. The van der Waals surface area contributed by atoms with Gasteiger partial charge in [0.1, 0.15) is 5.82 Å². The normalized spacial score (nSPS) is 11.9. The number of fused-ring (bicyclic) bond motifs is 1. The van der Waals surface area contributed by atoms with E-state index in [0.717, 1.165) is 29.1 Å². The summed E-state index contributed by atoms with van der Waals surface area (Å²) in [4.78, 5) is 12.3. The zero-order chi connectivity index (χ0) is 20.3. The summed E-state index contributed by atoms with van der Waals surface area (Å²) in [5, 5.41) is 5.86. The molecule has 28 heavy (non-hydrogen) atoms. The molecule has 1 amide bonds. The maximum Gasteiger partial charge on any atom is 0.254 e. The van der Waals surface area contributed by atoms with Crippen molar-refractivity contribution < 1.29 is 17.6 Å². The fourth-order valence-electron chi connectivity index (χ4n) is 2.86. The van der Waals surface area contributed by atoms with Crippen molar-refractivity contribution in [3.8, 4) is 0 Å². The third kappa shape index (κ3) is 4.57. The summed E-state index contributed by atoms with van der Waals surface area (Å²) in [5.41, 5.74) is 0.820. The number of hydrogen-bond acceptors (Lipinski definition) is 4. The minimum atomic E-state index is -3.81. The third-order valence-electron chi connectivity index (χ3n) is 4.12. The minimum Gasteiger partial charge on any atom is -0.352 e. The first-order valence-electron chi connectivity index (χ1n) is 8.83. The van der Waals surface area contributed by atoms with Gasteiger partial charge in [-0.2, -0.15) is 0 Å². The fourth-order valence-corrected chi connectivity index (χ4v) is 5.13. The molecule has 0 aliphatic heterocycles. The van der Waals surface area contributed by atoms with Crippen molar-refractivity contribution in [1.82, 2.24) is 10.0 Å². The quantitative estimate of drug-likeness (QED) is 0.612. The molecule has 2 aromatic carbocycles. The van der Waals surface area contributed by atoms with Crippen molar-refractivity contribution in [2.24, 2.45) is 0 Å². The van der Waals surface area contributed by atoms with E-state index in [1.54, 1.807) is 25.2 Å². The molecule has 1 aromatic heterocycles. The summed E-state index contributed by atoms with van der Waals surface area (Å²) in [6, 6.07) is 10.9. The highest BCUT2D eigenvalue weighted by atomic mass is 32.2. The summed E-state index contributed by atoms with van der Waals surface area (Å²) in [7, 11) is -3.81. The van der Waals surface area contributed by atoms with E-state index in [4.69, 9.17) is 0 Å². The van der Waals surface area contributed by atoms with E-state index in [1.807, 2.05) is 29.6 Å². The number of thiophene rings is 1. The molecule has 0 atom stereocenters. The van der Waals surface area contributed by atoms with Crippen LogP contribution in [0.2, 0.25) is 0 Å². The Morgan fingerprint density at radius 3 is 2.68 bits per heavy atom. The van der Waals surface area contributed by atoms with Crippen LogP contribution in [0, 0.1) is 5.82 Å². The number of benzene rings is 2. The van der Waals surface area contributed by atoms with Gasteiger partial charge in [-0.05, 0) is 60.9 Å². The van der Waals surface area contributed by atoms with Crippen molar-refractivity contribution in [3.05, 3.63) is 64.8 Å². The van der Waals surface area contributed by atoms with Crippen molar-refractivity contribution >= 4 is 37.4 Å². The second-order valence-electron chi connectivity index (χ2n) is 6.68. The maximum absolute atomic E-state index is 14.1. The van der Waals surface area contributed by atoms with E-state index in [9.17, 15) is 17.6 Å². The molecule has 0 unspecified atom stereocenters. The van der Waals surface area contributed by atoms with Crippen LogP contribution in [0.1, 0.15) is 29.8 Å². The van der Waals surface area contributed by atoms with Gasteiger partial charge in [0.05, 0.1) is 10.5 Å². The van der Waals surface area contributed by atoms with Gasteiger partial charge >= 0.3 is 0 Å². The van der Waals surface area contributed by atoms with Crippen LogP contribution in [-0.4, -0.2) is 26.9 Å². The van der Waals surface area contributed by atoms with Gasteiger partial charge in [0.25, 0.3) is 5.91 Å². The molecule has 2 N–H and O–H groups in total. The van der Waals surface area contributed by atoms with Crippen molar-refractivity contribution in [3.63, 3.8) is 0 Å². The van der Waals surface area contributed by atoms with Gasteiger partial charge < -0.3 is 5.32 Å². The zero-order valence-electron chi connectivity index (χ0n) is 15.5. The van der Waals surface area contributed by atoms with Gasteiger partial charge in [-0.25, -0.2) is 17.5 Å². The predicted octanol–water partition coefficient (Wildman–Crippen LogP) is 3.70. The monoisotopic (exact) mass is 420 g/mol. The molecule has 0 aliphatic rings. The standard InChI is InChI=1S/C20H21FN2O3S2/c1-13(2)23-28(25,26)15-7-8-18(21)17(11-15)20(24)22-10-9-14-12-27-19-6-4-3-5-16(14)19/h3-8,11-13,23H,9-10H2,1-2H3,(H,22,24). The van der Waals surface area contributed by atoms with Crippen LogP contribution < -0.4 is 10.0 Å². The summed E-state index contributed by atoms with van der Waals surface area (Å²) in [6.45, 7) is 3.69. The first-order valence-corrected chi connectivity index (χ1v) is 11.2. The molecular formula is C20H21FN2O3S2. The second-order valence-corrected chi connectivity index (χ2v) is 9.31. The summed E-state index contributed by atoms with van der Waals surface area (Å²) >= 11 is 1.63. The second kappa shape index (κ2) is 8.38. The van der Waals surface area contributed by atoms with Crippen molar-refractivity contribution in [1.29, 1.82) is 0 Å². The van der Waals surface area contributed by atoms with E-state index >= 15 is 0 Å². The SMILES string of the molecule is CC(C)NS(=O)(=O)c1ccc(F)c(C(=O)NCCc2csc3ccccc23)c1. The lowest BCUT2D eigenvalue weighted by Crippen LogP contribution is -2.31. The maximum atomic E-state index is 14.1. The van der Waals surface area contributed by atoms with E-state index in [-0.39, 0.29) is 16.5 Å². The Bertz CT molecular complexity index is 1110. The molecule has 0 saturated heterocycles. The van der Waals surface area contributed by atoms with Crippen LogP contribution in [0.25, 0.3) is 10.1 Å². The van der Waals surface area contributed by atoms with Gasteiger partial charge in [0.15, 0.2) is 0 Å². The van der Waals surface area contributed by atoms with Gasteiger partial charge in [-0.1, -0.05) is 18.2 Å². The smallest absolute Gasteiger partial charge is 0.254 e. The lowest BCUT2D eigenvalue weighted by Gasteiger charge is -2.11. The van der Waals surface area contributed by atoms with Crippen LogP contribution in [-0.2, 0) is 16.4 Å². The van der Waals surface area contributed by atoms with Crippen LogP contribution in [0.3, 0.4) is 0 Å². The van der Waals surface area contributed by atoms with Gasteiger partial charge in [0, 0.05) is 17.3 Å². The van der Waals surface area contributed by atoms with E-state index < -0.39 is 21.7 Å². The Kier molecular flexibility index (Phi) is 6.12. The lowest BCUT2D eigenvalue weighted by atomic mass is 10.1. The number of amides is 1. The zero-order valence-corrected chi connectivity index (χ0v) is 17.2. The topological polar surface area (TPSA) is 75.3 Å². The number of carbonyl (C=O) groups excluding carboxylic acids is 1. The molecule has 8 heteroatoms. The lowest BCUT2D eigenvalue weighted by molar-refractivity contribution is 0.0950. The highest BCUT2D eigenvalue weighted by Gasteiger charge is 2.20. The molecule has 0 spiro atoms. The Hall–Kier alpha value is -2.29. The Labute approximate surface area is 167 Å². The molecule has 0 radical (unpaired) electrons. The molecule has 5 nitrogen and oxygen atoms in total. The summed E-state index contributed by atoms with van der Waals surface area (Å²) in [6.07, 6.45) is 0.601. The predicted molar refractivity (Wildman–Crippen MR) is 110 cm³/mol. The largest absolute Gasteiger partial charge is 0.352 e. The van der Waals surface area contributed by atoms with E-state index in [0.29, 0.717) is 13.0 Å². The fraction of sp³-hybridized carbons (Fsp3) is 0.250. The number of sulfonamides is 1. The molecular weight excluding hydrogens is 399 g/mol. The molecule has 1 heterocycles. The van der Waals surface area contributed by atoms with E-state index in [1.165, 1.54) is 4.70 Å². The Morgan fingerprint density at radius 2 is 1.93 bits per heavy atom. The first-order chi connectivity index (χ1) is 13.3. The van der Waals surface area contributed by atoms with Gasteiger partial charge in [0.2, 0.25) is 10.0 Å². The number of rotatable bonds is 7. The Balaban J connectivity index is 1.71. The average molecular weight is 421 g/mol. The summed E-state index contributed by atoms with van der Waals surface area (Å²) < 4.78 is 42.2. The van der Waals surface area contributed by atoms with E-state index in [2.05, 4.69) is 10.0 Å². The van der Waals surface area contributed by atoms with Crippen LogP contribution in [0.5, 0.6) is 0 Å². The number of halogens is 1. The molecule has 3 aromatic rings. The van der Waals surface area contributed by atoms with Crippen LogP contribution >= 0.6 is 11.3 Å². The molecule has 0 bridgehead atoms. The highest BCUT2D eigenvalue weighted by molar-refractivity contribution is 7.89. The van der Waals surface area contributed by atoms with Gasteiger partial charge in [-0.15, -0.1) is 11.3 Å². The molecule has 0 aliphatic carbocycles.